The molecule has 7 N–H and O–H groups in total. The minimum absolute atomic E-state index is 0.0232. The highest BCUT2D eigenvalue weighted by molar-refractivity contribution is 5.92. The summed E-state index contributed by atoms with van der Waals surface area (Å²) < 4.78 is 5.06. The highest BCUT2D eigenvalue weighted by Gasteiger charge is 2.27. The molecular weight excluding hydrogens is 470 g/mol. The Kier molecular flexibility index (Phi) is 9.90. The van der Waals surface area contributed by atoms with E-state index in [2.05, 4.69) is 15.6 Å². The standard InChI is InChI=1S/C28H33N5O4/c1-37-24-15-14-19(17-23(24)34)18-32-26(35)22(13-8-16-31-28(29)30)33-27(36)25(20-9-4-2-5-10-20)21-11-6-3-7-12-21/h2-7,9-12,14-15,17,22,25,34H,8,13,16,18H2,1H3,(H,32,35)(H,33,36)(H4,29,30,31)/t22-/m0/s1. The fourth-order valence-electron chi connectivity index (χ4n) is 3.97. The van der Waals surface area contributed by atoms with E-state index in [4.69, 9.17) is 16.2 Å². The van der Waals surface area contributed by atoms with Gasteiger partial charge < -0.3 is 31.9 Å². The number of hydrogen-bond donors (Lipinski definition) is 5. The molecule has 9 nitrogen and oxygen atoms in total. The largest absolute Gasteiger partial charge is 0.504 e. The molecule has 37 heavy (non-hydrogen) atoms. The second-order valence-electron chi connectivity index (χ2n) is 8.49. The van der Waals surface area contributed by atoms with Gasteiger partial charge in [0.15, 0.2) is 17.5 Å². The Morgan fingerprint density at radius 1 is 0.946 bits per heavy atom. The third-order valence-corrected chi connectivity index (χ3v) is 5.82. The molecule has 9 heteroatoms. The van der Waals surface area contributed by atoms with E-state index in [1.54, 1.807) is 12.1 Å². The van der Waals surface area contributed by atoms with Crippen LogP contribution in [0.15, 0.2) is 83.9 Å². The van der Waals surface area contributed by atoms with Crippen molar-refractivity contribution in [1.29, 1.82) is 0 Å². The van der Waals surface area contributed by atoms with Crippen LogP contribution in [0.25, 0.3) is 0 Å². The van der Waals surface area contributed by atoms with Gasteiger partial charge in [0.25, 0.3) is 0 Å². The van der Waals surface area contributed by atoms with Crippen LogP contribution in [0.5, 0.6) is 11.5 Å². The van der Waals surface area contributed by atoms with Gasteiger partial charge in [0.05, 0.1) is 13.0 Å². The Morgan fingerprint density at radius 3 is 2.11 bits per heavy atom. The van der Waals surface area contributed by atoms with Crippen molar-refractivity contribution in [2.24, 2.45) is 16.5 Å². The molecule has 0 unspecified atom stereocenters. The maximum Gasteiger partial charge on any atom is 0.242 e. The Bertz CT molecular complexity index is 1160. The Morgan fingerprint density at radius 2 is 1.57 bits per heavy atom. The van der Waals surface area contributed by atoms with Crippen molar-refractivity contribution in [2.75, 3.05) is 13.7 Å². The van der Waals surface area contributed by atoms with Crippen LogP contribution >= 0.6 is 0 Å². The van der Waals surface area contributed by atoms with Crippen LogP contribution in [-0.2, 0) is 16.1 Å². The van der Waals surface area contributed by atoms with Crippen molar-refractivity contribution in [3.63, 3.8) is 0 Å². The summed E-state index contributed by atoms with van der Waals surface area (Å²) in [4.78, 5) is 30.7. The molecule has 0 heterocycles. The van der Waals surface area contributed by atoms with Crippen molar-refractivity contribution < 1.29 is 19.4 Å². The van der Waals surface area contributed by atoms with E-state index in [-0.39, 0.29) is 30.1 Å². The molecule has 2 amide bonds. The summed E-state index contributed by atoms with van der Waals surface area (Å²) in [6.45, 7) is 0.493. The van der Waals surface area contributed by atoms with Crippen molar-refractivity contribution in [1.82, 2.24) is 10.6 Å². The Balaban J connectivity index is 1.77. The number of methoxy groups -OCH3 is 1. The van der Waals surface area contributed by atoms with Crippen molar-refractivity contribution in [3.05, 3.63) is 95.6 Å². The molecule has 194 valence electrons. The van der Waals surface area contributed by atoms with Crippen LogP contribution in [0, 0.1) is 0 Å². The predicted octanol–water partition coefficient (Wildman–Crippen LogP) is 2.39. The highest BCUT2D eigenvalue weighted by Crippen LogP contribution is 2.27. The zero-order chi connectivity index (χ0) is 26.6. The van der Waals surface area contributed by atoms with E-state index < -0.39 is 12.0 Å². The van der Waals surface area contributed by atoms with Gasteiger partial charge in [-0.1, -0.05) is 66.7 Å². The van der Waals surface area contributed by atoms with Gasteiger partial charge in [0.1, 0.15) is 6.04 Å². The number of guanidine groups is 1. The van der Waals surface area contributed by atoms with Crippen LogP contribution in [-0.4, -0.2) is 42.6 Å². The van der Waals surface area contributed by atoms with Crippen molar-refractivity contribution >= 4 is 17.8 Å². The first-order valence-electron chi connectivity index (χ1n) is 12.0. The Hall–Kier alpha value is -4.53. The van der Waals surface area contributed by atoms with Gasteiger partial charge in [-0.15, -0.1) is 0 Å². The second-order valence-corrected chi connectivity index (χ2v) is 8.49. The SMILES string of the molecule is COc1ccc(CNC(=O)[C@H](CCCN=C(N)N)NC(=O)C(c2ccccc2)c2ccccc2)cc1O. The molecule has 3 aromatic rings. The van der Waals surface area contributed by atoms with Crippen LogP contribution in [0.2, 0.25) is 0 Å². The molecule has 0 spiro atoms. The van der Waals surface area contributed by atoms with Gasteiger partial charge in [0.2, 0.25) is 11.8 Å². The number of ether oxygens (including phenoxy) is 1. The quantitative estimate of drug-likeness (QED) is 0.145. The topological polar surface area (TPSA) is 152 Å². The Labute approximate surface area is 216 Å². The fraction of sp³-hybridized carbons (Fsp3) is 0.250. The van der Waals surface area contributed by atoms with Crippen molar-refractivity contribution in [2.45, 2.75) is 31.3 Å². The van der Waals surface area contributed by atoms with Gasteiger partial charge >= 0.3 is 0 Å². The average molecular weight is 504 g/mol. The number of carbonyl (C=O) groups excluding carboxylic acids is 2. The molecule has 0 saturated heterocycles. The molecule has 0 aromatic heterocycles. The highest BCUT2D eigenvalue weighted by atomic mass is 16.5. The minimum atomic E-state index is -0.816. The molecule has 0 saturated carbocycles. The predicted molar refractivity (Wildman–Crippen MR) is 143 cm³/mol. The lowest BCUT2D eigenvalue weighted by molar-refractivity contribution is -0.129. The summed E-state index contributed by atoms with van der Waals surface area (Å²) in [5, 5.41) is 15.8. The first kappa shape index (κ1) is 27.1. The summed E-state index contributed by atoms with van der Waals surface area (Å²) in [5.41, 5.74) is 13.1. The number of phenolic OH excluding ortho intramolecular Hbond substituents is 1. The third kappa shape index (κ3) is 7.99. The van der Waals surface area contributed by atoms with E-state index in [9.17, 15) is 14.7 Å². The molecule has 3 rings (SSSR count). The molecule has 0 aliphatic rings. The average Bonchev–Trinajstić information content (AvgIpc) is 2.90. The monoisotopic (exact) mass is 503 g/mol. The number of benzene rings is 3. The number of nitrogens with zero attached hydrogens (tertiary/aromatic N) is 1. The maximum atomic E-state index is 13.6. The van der Waals surface area contributed by atoms with E-state index in [0.717, 1.165) is 11.1 Å². The lowest BCUT2D eigenvalue weighted by atomic mass is 9.90. The van der Waals surface area contributed by atoms with E-state index in [0.29, 0.717) is 30.7 Å². The third-order valence-electron chi connectivity index (χ3n) is 5.82. The molecule has 0 aliphatic carbocycles. The van der Waals surface area contributed by atoms with E-state index in [1.807, 2.05) is 60.7 Å². The smallest absolute Gasteiger partial charge is 0.242 e. The number of rotatable bonds is 12. The van der Waals surface area contributed by atoms with E-state index >= 15 is 0 Å². The van der Waals surface area contributed by atoms with Gasteiger partial charge in [0, 0.05) is 13.1 Å². The number of aromatic hydroxyl groups is 1. The molecular formula is C28H33N5O4. The normalized spacial score (nSPS) is 11.4. The molecule has 0 aliphatic heterocycles. The van der Waals surface area contributed by atoms with Gasteiger partial charge in [-0.3, -0.25) is 14.6 Å². The zero-order valence-corrected chi connectivity index (χ0v) is 20.8. The number of nitrogens with two attached hydrogens (primary N) is 2. The number of nitrogens with one attached hydrogen (secondary N) is 2. The lowest BCUT2D eigenvalue weighted by Crippen LogP contribution is -2.48. The van der Waals surface area contributed by atoms with Crippen LogP contribution in [0.1, 0.15) is 35.4 Å². The first-order chi connectivity index (χ1) is 17.9. The van der Waals surface area contributed by atoms with Crippen LogP contribution < -0.4 is 26.8 Å². The van der Waals surface area contributed by atoms with Gasteiger partial charge in [-0.05, 0) is 41.7 Å². The van der Waals surface area contributed by atoms with Crippen LogP contribution in [0.4, 0.5) is 0 Å². The molecule has 0 fully saturated rings. The van der Waals surface area contributed by atoms with Crippen LogP contribution in [0.3, 0.4) is 0 Å². The molecule has 0 bridgehead atoms. The van der Waals surface area contributed by atoms with Crippen molar-refractivity contribution in [3.8, 4) is 11.5 Å². The molecule has 3 aromatic carbocycles. The maximum absolute atomic E-state index is 13.6. The van der Waals surface area contributed by atoms with Gasteiger partial charge in [-0.2, -0.15) is 0 Å². The summed E-state index contributed by atoms with van der Waals surface area (Å²) in [6.07, 6.45) is 0.819. The zero-order valence-electron chi connectivity index (χ0n) is 20.8. The summed E-state index contributed by atoms with van der Waals surface area (Å²) in [6, 6.07) is 22.9. The second kappa shape index (κ2) is 13.5. The summed E-state index contributed by atoms with van der Waals surface area (Å²) >= 11 is 0. The fourth-order valence-corrected chi connectivity index (χ4v) is 3.97. The first-order valence-corrected chi connectivity index (χ1v) is 12.0. The molecule has 1 atom stereocenters. The number of hydrogen-bond acceptors (Lipinski definition) is 5. The number of aliphatic imine (C=N–C) groups is 1. The molecule has 0 radical (unpaired) electrons. The number of carbonyl (C=O) groups is 2. The van der Waals surface area contributed by atoms with E-state index in [1.165, 1.54) is 13.2 Å². The minimum Gasteiger partial charge on any atom is -0.504 e. The summed E-state index contributed by atoms with van der Waals surface area (Å²) in [5.74, 6) is -0.945. The summed E-state index contributed by atoms with van der Waals surface area (Å²) in [7, 11) is 1.46. The number of phenols is 1. The number of amides is 2. The van der Waals surface area contributed by atoms with Gasteiger partial charge in [-0.25, -0.2) is 0 Å². The lowest BCUT2D eigenvalue weighted by Gasteiger charge is -2.23.